The molecule has 176 valence electrons. The van der Waals surface area contributed by atoms with Crippen molar-refractivity contribution in [3.05, 3.63) is 0 Å². The number of nitrogens with zero attached hydrogens (tertiary/aromatic N) is 1. The third-order valence-corrected chi connectivity index (χ3v) is 8.55. The molecule has 7 nitrogen and oxygen atoms in total. The van der Waals surface area contributed by atoms with E-state index in [-0.39, 0.29) is 41.7 Å². The van der Waals surface area contributed by atoms with Crippen LogP contribution in [0.15, 0.2) is 0 Å². The van der Waals surface area contributed by atoms with Gasteiger partial charge in [0, 0.05) is 23.9 Å². The summed E-state index contributed by atoms with van der Waals surface area (Å²) >= 11 is 1.64. The van der Waals surface area contributed by atoms with E-state index >= 15 is 0 Å². The molecule has 2 bridgehead atoms. The summed E-state index contributed by atoms with van der Waals surface area (Å²) in [5, 5.41) is 12.6. The van der Waals surface area contributed by atoms with Crippen molar-refractivity contribution in [3.8, 4) is 0 Å². The van der Waals surface area contributed by atoms with Gasteiger partial charge in [0.05, 0.1) is 23.2 Å². The van der Waals surface area contributed by atoms with E-state index in [0.717, 1.165) is 19.3 Å². The van der Waals surface area contributed by atoms with Gasteiger partial charge in [-0.1, -0.05) is 20.8 Å². The van der Waals surface area contributed by atoms with Crippen LogP contribution < -0.4 is 5.32 Å². The summed E-state index contributed by atoms with van der Waals surface area (Å²) in [6.45, 7) is 12.8. The minimum atomic E-state index is -0.634. The van der Waals surface area contributed by atoms with E-state index in [4.69, 9.17) is 4.74 Å². The lowest BCUT2D eigenvalue weighted by atomic mass is 9.71. The second-order valence-electron chi connectivity index (χ2n) is 11.0. The number of ether oxygens (including phenoxy) is 1. The second kappa shape index (κ2) is 8.58. The van der Waals surface area contributed by atoms with Crippen molar-refractivity contribution >= 4 is 29.5 Å². The molecule has 3 rings (SSSR count). The minimum Gasteiger partial charge on any atom is -0.466 e. The smallest absolute Gasteiger partial charge is 0.310 e. The average Bonchev–Trinajstić information content (AvgIpc) is 3.25. The Morgan fingerprint density at radius 2 is 1.97 bits per heavy atom. The van der Waals surface area contributed by atoms with Crippen molar-refractivity contribution in [1.82, 2.24) is 10.2 Å². The predicted octanol–water partition coefficient (Wildman–Crippen LogP) is 2.35. The van der Waals surface area contributed by atoms with Crippen molar-refractivity contribution < 1.29 is 24.2 Å². The van der Waals surface area contributed by atoms with Gasteiger partial charge < -0.3 is 20.1 Å². The molecule has 0 aromatic heterocycles. The first-order valence-electron chi connectivity index (χ1n) is 11.4. The molecule has 3 fully saturated rings. The lowest BCUT2D eigenvalue weighted by Gasteiger charge is -2.38. The number of carbonyl (C=O) groups excluding carboxylic acids is 3. The van der Waals surface area contributed by atoms with Gasteiger partial charge in [0.1, 0.15) is 6.04 Å². The number of likely N-dealkylation sites (tertiary alicyclic amines) is 1. The largest absolute Gasteiger partial charge is 0.466 e. The Balaban J connectivity index is 1.93. The number of thioether (sulfide) groups is 1. The fraction of sp³-hybridized carbons (Fsp3) is 0.870. The molecule has 3 aliphatic heterocycles. The minimum absolute atomic E-state index is 0.0193. The first-order valence-corrected chi connectivity index (χ1v) is 12.3. The summed E-state index contributed by atoms with van der Waals surface area (Å²) in [7, 11) is 0. The number of hydrogen-bond donors (Lipinski definition) is 2. The molecule has 2 unspecified atom stereocenters. The van der Waals surface area contributed by atoms with Crippen molar-refractivity contribution in [2.75, 3.05) is 19.8 Å². The van der Waals surface area contributed by atoms with Crippen LogP contribution in [0.1, 0.15) is 67.2 Å². The molecule has 1 spiro atoms. The van der Waals surface area contributed by atoms with Gasteiger partial charge in [-0.05, 0) is 51.9 Å². The Bertz CT molecular complexity index is 734. The molecule has 0 aromatic rings. The van der Waals surface area contributed by atoms with E-state index in [0.29, 0.717) is 13.0 Å². The fourth-order valence-electron chi connectivity index (χ4n) is 6.21. The molecule has 2 amide bonds. The van der Waals surface area contributed by atoms with Crippen LogP contribution >= 0.6 is 11.8 Å². The highest BCUT2D eigenvalue weighted by Crippen LogP contribution is 2.66. The Labute approximate surface area is 190 Å². The number of aliphatic hydroxyl groups is 1. The highest BCUT2D eigenvalue weighted by Gasteiger charge is 2.73. The van der Waals surface area contributed by atoms with Gasteiger partial charge in [-0.15, -0.1) is 11.8 Å². The molecule has 0 saturated carbocycles. The van der Waals surface area contributed by atoms with E-state index in [1.165, 1.54) is 0 Å². The van der Waals surface area contributed by atoms with E-state index in [2.05, 4.69) is 26.1 Å². The van der Waals surface area contributed by atoms with Gasteiger partial charge in [-0.2, -0.15) is 0 Å². The Hall–Kier alpha value is -1.28. The topological polar surface area (TPSA) is 95.9 Å². The zero-order valence-corrected chi connectivity index (χ0v) is 20.5. The Morgan fingerprint density at radius 1 is 1.29 bits per heavy atom. The van der Waals surface area contributed by atoms with Crippen LogP contribution in [-0.4, -0.2) is 69.1 Å². The molecule has 3 saturated heterocycles. The van der Waals surface area contributed by atoms with Gasteiger partial charge in [0.2, 0.25) is 11.8 Å². The molecule has 8 heteroatoms. The maximum absolute atomic E-state index is 13.7. The van der Waals surface area contributed by atoms with Crippen molar-refractivity contribution in [3.63, 3.8) is 0 Å². The van der Waals surface area contributed by atoms with Crippen molar-refractivity contribution in [1.29, 1.82) is 0 Å². The standard InChI is InChI=1S/C23H38N2O5S/c1-7-30-20(29)15-14-9-10-23(31-14)16(15)19(28)25(11-8-12-26)17(23)18(27)24-22(5,6)13-21(2,3)4/h14-17,26H,7-13H2,1-6H3,(H,24,27)/t14-,15+,16-,17?,23?/m0/s1. The number of fused-ring (bicyclic) bond motifs is 1. The van der Waals surface area contributed by atoms with E-state index in [9.17, 15) is 19.5 Å². The van der Waals surface area contributed by atoms with Gasteiger partial charge >= 0.3 is 5.97 Å². The molecule has 3 heterocycles. The number of hydrogen-bond acceptors (Lipinski definition) is 6. The van der Waals surface area contributed by atoms with Crippen LogP contribution in [0, 0.1) is 17.3 Å². The SMILES string of the molecule is CCOC(=O)[C@@H]1[C@@H]2CCC3(S2)C(C(=O)NC(C)(C)CC(C)(C)C)N(CCCO)C(=O)[C@H]13. The highest BCUT2D eigenvalue weighted by molar-refractivity contribution is 8.02. The highest BCUT2D eigenvalue weighted by atomic mass is 32.2. The average molecular weight is 455 g/mol. The number of aliphatic hydroxyl groups excluding tert-OH is 1. The van der Waals surface area contributed by atoms with Crippen molar-refractivity contribution in [2.45, 2.75) is 88.8 Å². The van der Waals surface area contributed by atoms with E-state index in [1.807, 2.05) is 13.8 Å². The van der Waals surface area contributed by atoms with Crippen molar-refractivity contribution in [2.24, 2.45) is 17.3 Å². The van der Waals surface area contributed by atoms with Gasteiger partial charge in [0.15, 0.2) is 0 Å². The molecular formula is C23H38N2O5S. The lowest BCUT2D eigenvalue weighted by Crippen LogP contribution is -2.58. The summed E-state index contributed by atoms with van der Waals surface area (Å²) < 4.78 is 4.71. The number of nitrogens with one attached hydrogen (secondary N) is 1. The molecule has 5 atom stereocenters. The maximum atomic E-state index is 13.7. The molecule has 31 heavy (non-hydrogen) atoms. The summed E-state index contributed by atoms with van der Waals surface area (Å²) in [6, 6.07) is -0.634. The monoisotopic (exact) mass is 454 g/mol. The molecule has 0 aliphatic carbocycles. The molecule has 3 aliphatic rings. The molecular weight excluding hydrogens is 416 g/mol. The summed E-state index contributed by atoms with van der Waals surface area (Å²) in [5.41, 5.74) is -0.396. The third kappa shape index (κ3) is 4.47. The van der Waals surface area contributed by atoms with Crippen LogP contribution in [-0.2, 0) is 19.1 Å². The molecule has 0 aromatic carbocycles. The summed E-state index contributed by atoms with van der Waals surface area (Å²) in [6.07, 6.45) is 2.74. The molecule has 2 N–H and O–H groups in total. The number of carbonyl (C=O) groups is 3. The fourth-order valence-corrected chi connectivity index (χ4v) is 8.42. The van der Waals surface area contributed by atoms with E-state index in [1.54, 1.807) is 23.6 Å². The zero-order chi connectivity index (χ0) is 23.2. The maximum Gasteiger partial charge on any atom is 0.310 e. The van der Waals surface area contributed by atoms with Gasteiger partial charge in [0.25, 0.3) is 0 Å². The van der Waals surface area contributed by atoms with Crippen LogP contribution in [0.5, 0.6) is 0 Å². The van der Waals surface area contributed by atoms with Crippen LogP contribution in [0.4, 0.5) is 0 Å². The van der Waals surface area contributed by atoms with E-state index < -0.39 is 28.2 Å². The van der Waals surface area contributed by atoms with Gasteiger partial charge in [-0.25, -0.2) is 0 Å². The number of esters is 1. The third-order valence-electron chi connectivity index (χ3n) is 6.60. The molecule has 0 radical (unpaired) electrons. The first-order chi connectivity index (χ1) is 14.4. The van der Waals surface area contributed by atoms with Gasteiger partial charge in [-0.3, -0.25) is 14.4 Å². The zero-order valence-electron chi connectivity index (χ0n) is 19.7. The Kier molecular flexibility index (Phi) is 6.74. The summed E-state index contributed by atoms with van der Waals surface area (Å²) in [4.78, 5) is 41.6. The summed E-state index contributed by atoms with van der Waals surface area (Å²) in [5.74, 6) is -1.65. The second-order valence-corrected chi connectivity index (χ2v) is 12.6. The normalized spacial score (nSPS) is 32.4. The predicted molar refractivity (Wildman–Crippen MR) is 120 cm³/mol. The number of amides is 2. The number of rotatable bonds is 8. The first kappa shape index (κ1) is 24.4. The lowest BCUT2D eigenvalue weighted by molar-refractivity contribution is -0.153. The quantitative estimate of drug-likeness (QED) is 0.547. The van der Waals surface area contributed by atoms with Crippen LogP contribution in [0.2, 0.25) is 0 Å². The van der Waals surface area contributed by atoms with Crippen LogP contribution in [0.3, 0.4) is 0 Å². The Morgan fingerprint density at radius 3 is 2.55 bits per heavy atom. The van der Waals surface area contributed by atoms with Crippen LogP contribution in [0.25, 0.3) is 0 Å².